The summed E-state index contributed by atoms with van der Waals surface area (Å²) in [7, 11) is 0. The maximum absolute atomic E-state index is 12.1. The van der Waals surface area contributed by atoms with Crippen molar-refractivity contribution in [3.63, 3.8) is 0 Å². The van der Waals surface area contributed by atoms with Gasteiger partial charge < -0.3 is 9.64 Å². The lowest BCUT2D eigenvalue weighted by Gasteiger charge is -2.27. The molecule has 1 aliphatic rings. The minimum atomic E-state index is -0.0539. The molecule has 1 aliphatic heterocycles. The topological polar surface area (TPSA) is 102 Å². The second-order valence-corrected chi connectivity index (χ2v) is 6.81. The van der Waals surface area contributed by atoms with E-state index in [1.807, 2.05) is 24.3 Å². The van der Waals surface area contributed by atoms with Crippen molar-refractivity contribution in [1.82, 2.24) is 29.7 Å². The molecule has 4 aromatic rings. The van der Waals surface area contributed by atoms with E-state index in [0.29, 0.717) is 49.7 Å². The molecule has 1 aromatic carbocycles. The van der Waals surface area contributed by atoms with Gasteiger partial charge in [-0.1, -0.05) is 12.1 Å². The predicted molar refractivity (Wildman–Crippen MR) is 107 cm³/mol. The van der Waals surface area contributed by atoms with Crippen molar-refractivity contribution in [3.05, 3.63) is 48.4 Å². The number of anilines is 1. The molecule has 4 heterocycles. The van der Waals surface area contributed by atoms with Gasteiger partial charge in [-0.15, -0.1) is 0 Å². The van der Waals surface area contributed by atoms with E-state index in [4.69, 9.17) is 14.7 Å². The fourth-order valence-electron chi connectivity index (χ4n) is 3.49. The van der Waals surface area contributed by atoms with Crippen LogP contribution < -0.4 is 4.90 Å². The molecule has 3 aromatic heterocycles. The zero-order chi connectivity index (χ0) is 19.8. The maximum Gasteiger partial charge on any atom is 0.239 e. The van der Waals surface area contributed by atoms with Gasteiger partial charge in [-0.3, -0.25) is 14.5 Å². The van der Waals surface area contributed by atoms with Crippen LogP contribution in [-0.4, -0.2) is 61.8 Å². The number of carbonyl (C=O) groups excluding carboxylic acids is 1. The predicted octanol–water partition coefficient (Wildman–Crippen LogP) is 2.24. The van der Waals surface area contributed by atoms with Crippen molar-refractivity contribution in [2.75, 3.05) is 31.2 Å². The second kappa shape index (κ2) is 7.10. The van der Waals surface area contributed by atoms with Crippen LogP contribution in [0.2, 0.25) is 0 Å². The summed E-state index contributed by atoms with van der Waals surface area (Å²) in [4.78, 5) is 28.2. The summed E-state index contributed by atoms with van der Waals surface area (Å²) in [5.41, 5.74) is 2.28. The van der Waals surface area contributed by atoms with Crippen molar-refractivity contribution in [2.45, 2.75) is 6.92 Å². The first kappa shape index (κ1) is 17.5. The average Bonchev–Trinajstić information content (AvgIpc) is 3.43. The molecule has 9 nitrogen and oxygen atoms in total. The fourth-order valence-corrected chi connectivity index (χ4v) is 3.49. The Morgan fingerprint density at radius 2 is 1.90 bits per heavy atom. The number of rotatable bonds is 4. The first-order valence-electron chi connectivity index (χ1n) is 9.40. The van der Waals surface area contributed by atoms with E-state index in [9.17, 15) is 4.79 Å². The zero-order valence-electron chi connectivity index (χ0n) is 15.9. The van der Waals surface area contributed by atoms with Crippen molar-refractivity contribution in [2.24, 2.45) is 0 Å². The number of aromatic nitrogens is 6. The number of fused-ring (bicyclic) bond motifs is 1. The lowest BCUT2D eigenvalue weighted by molar-refractivity contribution is 0.101. The van der Waals surface area contributed by atoms with Crippen LogP contribution in [0.3, 0.4) is 0 Å². The number of ether oxygens (including phenoxy) is 1. The van der Waals surface area contributed by atoms with Crippen LogP contribution in [0.4, 0.5) is 5.95 Å². The smallest absolute Gasteiger partial charge is 0.239 e. The Morgan fingerprint density at radius 1 is 1.07 bits per heavy atom. The van der Waals surface area contributed by atoms with Gasteiger partial charge in [0.15, 0.2) is 11.6 Å². The number of morpholine rings is 1. The van der Waals surface area contributed by atoms with Crippen molar-refractivity contribution in [3.8, 4) is 17.3 Å². The van der Waals surface area contributed by atoms with Crippen LogP contribution in [0, 0.1) is 0 Å². The van der Waals surface area contributed by atoms with Gasteiger partial charge in [-0.25, -0.2) is 0 Å². The third kappa shape index (κ3) is 3.15. The number of Topliss-reactive ketones (excluding diaryl/α,β-unsaturated/α-hetero) is 1. The van der Waals surface area contributed by atoms with Crippen LogP contribution in [0.15, 0.2) is 42.7 Å². The molecular weight excluding hydrogens is 370 g/mol. The fraction of sp³-hybridized carbons (Fsp3) is 0.250. The maximum atomic E-state index is 12.1. The van der Waals surface area contributed by atoms with E-state index in [1.165, 1.54) is 6.92 Å². The van der Waals surface area contributed by atoms with Crippen molar-refractivity contribution >= 4 is 22.6 Å². The SMILES string of the molecule is CC(=O)c1cccn1-c1nc(-c2cccc3[nH]ncc23)nc(N2CCOCC2)n1. The summed E-state index contributed by atoms with van der Waals surface area (Å²) in [5, 5.41) is 8.04. The lowest BCUT2D eigenvalue weighted by atomic mass is 10.1. The highest BCUT2D eigenvalue weighted by molar-refractivity contribution is 5.93. The van der Waals surface area contributed by atoms with Crippen LogP contribution >= 0.6 is 0 Å². The molecule has 0 atom stereocenters. The van der Waals surface area contributed by atoms with Gasteiger partial charge in [0.2, 0.25) is 11.9 Å². The highest BCUT2D eigenvalue weighted by Crippen LogP contribution is 2.27. The standard InChI is InChI=1S/C20H19N7O2/c1-13(28)17-6-3-7-27(17)20-23-18(14-4-2-5-16-15(14)12-21-25-16)22-19(24-20)26-8-10-29-11-9-26/h2-7,12H,8-11H2,1H3,(H,21,25). The molecular formula is C20H19N7O2. The monoisotopic (exact) mass is 389 g/mol. The van der Waals surface area contributed by atoms with Crippen LogP contribution in [0.1, 0.15) is 17.4 Å². The zero-order valence-corrected chi connectivity index (χ0v) is 15.9. The summed E-state index contributed by atoms with van der Waals surface area (Å²) >= 11 is 0. The van der Waals surface area contributed by atoms with Gasteiger partial charge in [-0.05, 0) is 18.2 Å². The summed E-state index contributed by atoms with van der Waals surface area (Å²) in [6, 6.07) is 9.42. The molecule has 1 saturated heterocycles. The summed E-state index contributed by atoms with van der Waals surface area (Å²) in [6.45, 7) is 4.17. The second-order valence-electron chi connectivity index (χ2n) is 6.81. The highest BCUT2D eigenvalue weighted by atomic mass is 16.5. The number of aromatic amines is 1. The molecule has 9 heteroatoms. The normalized spacial score (nSPS) is 14.4. The van der Waals surface area contributed by atoms with E-state index in [0.717, 1.165) is 16.5 Å². The van der Waals surface area contributed by atoms with Crippen LogP contribution in [0.5, 0.6) is 0 Å². The number of nitrogens with zero attached hydrogens (tertiary/aromatic N) is 6. The van der Waals surface area contributed by atoms with Gasteiger partial charge in [0, 0.05) is 37.2 Å². The Labute approximate surface area is 166 Å². The number of carbonyl (C=O) groups is 1. The molecule has 0 unspecified atom stereocenters. The Bertz CT molecular complexity index is 1190. The number of H-pyrrole nitrogens is 1. The van der Waals surface area contributed by atoms with E-state index in [2.05, 4.69) is 20.1 Å². The first-order chi connectivity index (χ1) is 14.2. The molecule has 0 radical (unpaired) electrons. The Kier molecular flexibility index (Phi) is 4.28. The molecule has 146 valence electrons. The quantitative estimate of drug-likeness (QED) is 0.534. The van der Waals surface area contributed by atoms with E-state index in [1.54, 1.807) is 23.0 Å². The summed E-state index contributed by atoms with van der Waals surface area (Å²) in [6.07, 6.45) is 3.55. The van der Waals surface area contributed by atoms with Crippen LogP contribution in [0.25, 0.3) is 28.2 Å². The number of hydrogen-bond donors (Lipinski definition) is 1. The molecule has 0 amide bonds. The Morgan fingerprint density at radius 3 is 2.72 bits per heavy atom. The third-order valence-corrected chi connectivity index (χ3v) is 4.96. The Hall–Kier alpha value is -3.59. The lowest BCUT2D eigenvalue weighted by Crippen LogP contribution is -2.37. The molecule has 29 heavy (non-hydrogen) atoms. The highest BCUT2D eigenvalue weighted by Gasteiger charge is 2.20. The van der Waals surface area contributed by atoms with E-state index >= 15 is 0 Å². The number of hydrogen-bond acceptors (Lipinski definition) is 7. The van der Waals surface area contributed by atoms with Crippen molar-refractivity contribution < 1.29 is 9.53 Å². The summed E-state index contributed by atoms with van der Waals surface area (Å²) in [5.74, 6) is 1.46. The van der Waals surface area contributed by atoms with Gasteiger partial charge in [0.25, 0.3) is 0 Å². The minimum absolute atomic E-state index is 0.0539. The number of nitrogens with one attached hydrogen (secondary N) is 1. The largest absolute Gasteiger partial charge is 0.378 e. The van der Waals surface area contributed by atoms with Gasteiger partial charge in [0.05, 0.1) is 30.6 Å². The average molecular weight is 389 g/mol. The van der Waals surface area contributed by atoms with Gasteiger partial charge >= 0.3 is 0 Å². The molecule has 5 rings (SSSR count). The Balaban J connectivity index is 1.71. The molecule has 0 spiro atoms. The van der Waals surface area contributed by atoms with Crippen molar-refractivity contribution in [1.29, 1.82) is 0 Å². The summed E-state index contributed by atoms with van der Waals surface area (Å²) < 4.78 is 7.16. The number of benzene rings is 1. The van der Waals surface area contributed by atoms with Crippen LogP contribution in [-0.2, 0) is 4.74 Å². The molecule has 0 bridgehead atoms. The third-order valence-electron chi connectivity index (χ3n) is 4.96. The van der Waals surface area contributed by atoms with E-state index in [-0.39, 0.29) is 5.78 Å². The first-order valence-corrected chi connectivity index (χ1v) is 9.40. The molecule has 1 N–H and O–H groups in total. The molecule has 0 aliphatic carbocycles. The molecule has 1 fully saturated rings. The van der Waals surface area contributed by atoms with Gasteiger partial charge in [-0.2, -0.15) is 20.1 Å². The minimum Gasteiger partial charge on any atom is -0.378 e. The van der Waals surface area contributed by atoms with E-state index < -0.39 is 0 Å². The van der Waals surface area contributed by atoms with Gasteiger partial charge in [0.1, 0.15) is 0 Å². The number of ketones is 1. The molecule has 0 saturated carbocycles.